The molecule has 2 aliphatic heterocycles. The van der Waals surface area contributed by atoms with E-state index in [0.29, 0.717) is 6.79 Å². The van der Waals surface area contributed by atoms with Crippen LogP contribution in [0.2, 0.25) is 0 Å². The van der Waals surface area contributed by atoms with Crippen LogP contribution >= 0.6 is 0 Å². The fourth-order valence-corrected chi connectivity index (χ4v) is 2.36. The minimum absolute atomic E-state index is 0.334. The van der Waals surface area contributed by atoms with E-state index in [1.807, 2.05) is 12.1 Å². The Bertz CT molecular complexity index is 419. The van der Waals surface area contributed by atoms with Crippen molar-refractivity contribution in [2.75, 3.05) is 51.6 Å². The first-order chi connectivity index (χ1) is 8.83. The summed E-state index contributed by atoms with van der Waals surface area (Å²) in [7, 11) is 2.11. The van der Waals surface area contributed by atoms with Crippen molar-refractivity contribution in [1.82, 2.24) is 10.2 Å². The SMILES string of the molecule is CN(CN1CCNCC1)c1ccc2c(c1)OCO2. The largest absolute Gasteiger partial charge is 0.454 e. The van der Waals surface area contributed by atoms with Crippen LogP contribution in [-0.4, -0.2) is 51.6 Å². The van der Waals surface area contributed by atoms with Crippen LogP contribution in [-0.2, 0) is 0 Å². The van der Waals surface area contributed by atoms with E-state index in [4.69, 9.17) is 9.47 Å². The van der Waals surface area contributed by atoms with Crippen LogP contribution in [0, 0.1) is 0 Å². The van der Waals surface area contributed by atoms with Gasteiger partial charge in [-0.05, 0) is 12.1 Å². The standard InChI is InChI=1S/C13H19N3O2/c1-15(9-16-6-4-14-5-7-16)11-2-3-12-13(8-11)18-10-17-12/h2-3,8,14H,4-7,9-10H2,1H3. The average Bonchev–Trinajstić information content (AvgIpc) is 2.87. The normalized spacial score (nSPS) is 18.9. The van der Waals surface area contributed by atoms with Gasteiger partial charge < -0.3 is 19.7 Å². The molecule has 0 spiro atoms. The lowest BCUT2D eigenvalue weighted by Crippen LogP contribution is -2.47. The number of benzene rings is 1. The van der Waals surface area contributed by atoms with Crippen LogP contribution in [0.5, 0.6) is 11.5 Å². The van der Waals surface area contributed by atoms with E-state index in [1.54, 1.807) is 0 Å². The Balaban J connectivity index is 1.66. The van der Waals surface area contributed by atoms with Crippen molar-refractivity contribution in [1.29, 1.82) is 0 Å². The maximum Gasteiger partial charge on any atom is 0.231 e. The molecule has 1 fully saturated rings. The first-order valence-electron chi connectivity index (χ1n) is 6.37. The Hall–Kier alpha value is -1.46. The topological polar surface area (TPSA) is 37.0 Å². The lowest BCUT2D eigenvalue weighted by molar-refractivity contribution is 0.174. The van der Waals surface area contributed by atoms with Gasteiger partial charge in [0.05, 0.1) is 6.67 Å². The quantitative estimate of drug-likeness (QED) is 0.854. The fraction of sp³-hybridized carbons (Fsp3) is 0.538. The number of hydrogen-bond donors (Lipinski definition) is 1. The highest BCUT2D eigenvalue weighted by molar-refractivity contribution is 5.56. The summed E-state index contributed by atoms with van der Waals surface area (Å²) >= 11 is 0. The van der Waals surface area contributed by atoms with Crippen LogP contribution < -0.4 is 19.7 Å². The maximum atomic E-state index is 5.41. The van der Waals surface area contributed by atoms with Gasteiger partial charge in [0.1, 0.15) is 0 Å². The highest BCUT2D eigenvalue weighted by Gasteiger charge is 2.16. The van der Waals surface area contributed by atoms with Crippen LogP contribution in [0.1, 0.15) is 0 Å². The Morgan fingerprint density at radius 1 is 1.22 bits per heavy atom. The van der Waals surface area contributed by atoms with Gasteiger partial charge in [-0.2, -0.15) is 0 Å². The second-order valence-electron chi connectivity index (χ2n) is 4.74. The molecule has 1 saturated heterocycles. The molecule has 0 amide bonds. The molecule has 2 aliphatic rings. The summed E-state index contributed by atoms with van der Waals surface area (Å²) in [6.07, 6.45) is 0. The minimum atomic E-state index is 0.334. The van der Waals surface area contributed by atoms with Crippen molar-refractivity contribution in [3.05, 3.63) is 18.2 Å². The van der Waals surface area contributed by atoms with Gasteiger partial charge in [-0.3, -0.25) is 4.90 Å². The Kier molecular flexibility index (Phi) is 3.25. The van der Waals surface area contributed by atoms with Crippen molar-refractivity contribution < 1.29 is 9.47 Å². The lowest BCUT2D eigenvalue weighted by atomic mass is 10.2. The highest BCUT2D eigenvalue weighted by Crippen LogP contribution is 2.35. The number of piperazine rings is 1. The van der Waals surface area contributed by atoms with Crippen molar-refractivity contribution in [3.8, 4) is 11.5 Å². The van der Waals surface area contributed by atoms with E-state index in [0.717, 1.165) is 50.0 Å². The second kappa shape index (κ2) is 5.04. The Morgan fingerprint density at radius 3 is 2.83 bits per heavy atom. The van der Waals surface area contributed by atoms with Gasteiger partial charge in [0.2, 0.25) is 6.79 Å². The van der Waals surface area contributed by atoms with E-state index in [9.17, 15) is 0 Å². The molecule has 1 N–H and O–H groups in total. The summed E-state index contributed by atoms with van der Waals surface area (Å²) in [6, 6.07) is 6.10. The number of nitrogens with one attached hydrogen (secondary N) is 1. The smallest absolute Gasteiger partial charge is 0.231 e. The second-order valence-corrected chi connectivity index (χ2v) is 4.74. The van der Waals surface area contributed by atoms with E-state index >= 15 is 0 Å². The summed E-state index contributed by atoms with van der Waals surface area (Å²) in [5.74, 6) is 1.69. The monoisotopic (exact) mass is 249 g/mol. The summed E-state index contributed by atoms with van der Waals surface area (Å²) in [4.78, 5) is 4.69. The first kappa shape index (κ1) is 11.6. The van der Waals surface area contributed by atoms with Gasteiger partial charge in [-0.25, -0.2) is 0 Å². The molecule has 0 saturated carbocycles. The number of rotatable bonds is 3. The molecule has 0 aliphatic carbocycles. The van der Waals surface area contributed by atoms with Crippen molar-refractivity contribution >= 4 is 5.69 Å². The molecule has 1 aromatic rings. The summed E-state index contributed by atoms with van der Waals surface area (Å²) in [5, 5.41) is 3.36. The van der Waals surface area contributed by atoms with E-state index in [-0.39, 0.29) is 0 Å². The zero-order valence-electron chi connectivity index (χ0n) is 10.7. The van der Waals surface area contributed by atoms with Crippen molar-refractivity contribution in [2.45, 2.75) is 0 Å². The molecule has 0 atom stereocenters. The van der Waals surface area contributed by atoms with Gasteiger partial charge >= 0.3 is 0 Å². The summed E-state index contributed by atoms with van der Waals surface area (Å²) < 4.78 is 10.7. The third-order valence-electron chi connectivity index (χ3n) is 3.42. The van der Waals surface area contributed by atoms with E-state index in [2.05, 4.69) is 28.2 Å². The molecule has 0 bridgehead atoms. The summed E-state index contributed by atoms with van der Waals surface area (Å²) in [6.45, 7) is 5.65. The van der Waals surface area contributed by atoms with E-state index in [1.165, 1.54) is 0 Å². The molecule has 5 nitrogen and oxygen atoms in total. The number of hydrogen-bond acceptors (Lipinski definition) is 5. The van der Waals surface area contributed by atoms with Crippen LogP contribution in [0.15, 0.2) is 18.2 Å². The maximum absolute atomic E-state index is 5.41. The highest BCUT2D eigenvalue weighted by atomic mass is 16.7. The third-order valence-corrected chi connectivity index (χ3v) is 3.42. The zero-order valence-corrected chi connectivity index (χ0v) is 10.7. The number of fused-ring (bicyclic) bond motifs is 1. The van der Waals surface area contributed by atoms with Gasteiger partial charge in [-0.1, -0.05) is 0 Å². The molecule has 0 radical (unpaired) electrons. The first-order valence-corrected chi connectivity index (χ1v) is 6.37. The molecular formula is C13H19N3O2. The lowest BCUT2D eigenvalue weighted by Gasteiger charge is -2.32. The molecule has 1 aromatic carbocycles. The number of ether oxygens (including phenoxy) is 2. The minimum Gasteiger partial charge on any atom is -0.454 e. The van der Waals surface area contributed by atoms with Gasteiger partial charge in [0.25, 0.3) is 0 Å². The molecular weight excluding hydrogens is 230 g/mol. The zero-order chi connectivity index (χ0) is 12.4. The van der Waals surface area contributed by atoms with Gasteiger partial charge in [-0.15, -0.1) is 0 Å². The van der Waals surface area contributed by atoms with E-state index < -0.39 is 0 Å². The summed E-state index contributed by atoms with van der Waals surface area (Å²) in [5.41, 5.74) is 1.16. The van der Waals surface area contributed by atoms with Crippen LogP contribution in [0.4, 0.5) is 5.69 Å². The van der Waals surface area contributed by atoms with Crippen molar-refractivity contribution in [3.63, 3.8) is 0 Å². The van der Waals surface area contributed by atoms with Crippen LogP contribution in [0.25, 0.3) is 0 Å². The van der Waals surface area contributed by atoms with Crippen molar-refractivity contribution in [2.24, 2.45) is 0 Å². The van der Waals surface area contributed by atoms with Crippen LogP contribution in [0.3, 0.4) is 0 Å². The molecule has 3 rings (SSSR count). The van der Waals surface area contributed by atoms with Gasteiger partial charge in [0, 0.05) is 45.0 Å². The average molecular weight is 249 g/mol. The molecule has 5 heteroatoms. The fourth-order valence-electron chi connectivity index (χ4n) is 2.36. The predicted molar refractivity (Wildman–Crippen MR) is 70.3 cm³/mol. The Morgan fingerprint density at radius 2 is 2.00 bits per heavy atom. The molecule has 2 heterocycles. The molecule has 98 valence electrons. The van der Waals surface area contributed by atoms with Gasteiger partial charge in [0.15, 0.2) is 11.5 Å². The molecule has 18 heavy (non-hydrogen) atoms. The predicted octanol–water partition coefficient (Wildman–Crippen LogP) is 0.714. The molecule has 0 aromatic heterocycles. The Labute approximate surface area is 107 Å². The molecule has 0 unspecified atom stereocenters. The number of nitrogens with zero attached hydrogens (tertiary/aromatic N) is 2. The third kappa shape index (κ3) is 2.37. The number of anilines is 1.